The zero-order valence-electron chi connectivity index (χ0n) is 19.5. The van der Waals surface area contributed by atoms with Crippen LogP contribution in [0, 0.1) is 0 Å². The average Bonchev–Trinajstić information content (AvgIpc) is 2.84. The summed E-state index contributed by atoms with van der Waals surface area (Å²) in [5, 5.41) is 25.0. The van der Waals surface area contributed by atoms with Crippen LogP contribution in [0.5, 0.6) is 11.5 Å². The van der Waals surface area contributed by atoms with Gasteiger partial charge in [-0.15, -0.1) is 0 Å². The van der Waals surface area contributed by atoms with Crippen molar-refractivity contribution in [1.29, 1.82) is 0 Å². The molecule has 34 heavy (non-hydrogen) atoms. The second-order valence-electron chi connectivity index (χ2n) is 7.78. The Bertz CT molecular complexity index is 950. The number of esters is 1. The Balaban J connectivity index is 1.95. The molecule has 0 aliphatic carbocycles. The Kier molecular flexibility index (Phi) is 10.9. The van der Waals surface area contributed by atoms with E-state index in [1.165, 1.54) is 14.2 Å². The number of amides is 1. The monoisotopic (exact) mass is 472 g/mol. The SMILES string of the molecule is COC(=O)C(CCc1ccccc1)NC(=O)C(CC(=O)O)NCCCc1cccc(OC)c1O. The summed E-state index contributed by atoms with van der Waals surface area (Å²) in [6.45, 7) is 0.328. The van der Waals surface area contributed by atoms with E-state index >= 15 is 0 Å². The molecule has 0 aliphatic rings. The Labute approximate surface area is 199 Å². The van der Waals surface area contributed by atoms with Crippen LogP contribution in [0.3, 0.4) is 0 Å². The molecule has 0 spiro atoms. The molecule has 0 bridgehead atoms. The first-order valence-electron chi connectivity index (χ1n) is 11.1. The molecule has 4 N–H and O–H groups in total. The molecule has 0 heterocycles. The number of rotatable bonds is 14. The Hall–Kier alpha value is -3.59. The number of benzene rings is 2. The highest BCUT2D eigenvalue weighted by Gasteiger charge is 2.27. The number of para-hydroxylation sites is 1. The van der Waals surface area contributed by atoms with Crippen molar-refractivity contribution in [2.24, 2.45) is 0 Å². The fourth-order valence-corrected chi connectivity index (χ4v) is 3.54. The number of carboxylic acid groups (broad SMARTS) is 1. The fourth-order valence-electron chi connectivity index (χ4n) is 3.54. The van der Waals surface area contributed by atoms with Crippen molar-refractivity contribution in [3.05, 3.63) is 59.7 Å². The Morgan fingerprint density at radius 3 is 2.35 bits per heavy atom. The second-order valence-corrected chi connectivity index (χ2v) is 7.78. The maximum atomic E-state index is 12.8. The molecule has 0 aliphatic heterocycles. The zero-order valence-corrected chi connectivity index (χ0v) is 19.5. The average molecular weight is 473 g/mol. The van der Waals surface area contributed by atoms with Gasteiger partial charge in [-0.25, -0.2) is 4.79 Å². The molecule has 2 atom stereocenters. The van der Waals surface area contributed by atoms with E-state index in [0.29, 0.717) is 43.5 Å². The summed E-state index contributed by atoms with van der Waals surface area (Å²) in [5.41, 5.74) is 1.69. The molecule has 0 saturated heterocycles. The van der Waals surface area contributed by atoms with Crippen molar-refractivity contribution < 1.29 is 34.1 Å². The molecule has 184 valence electrons. The number of ether oxygens (including phenoxy) is 2. The van der Waals surface area contributed by atoms with Crippen LogP contribution in [0.25, 0.3) is 0 Å². The van der Waals surface area contributed by atoms with Gasteiger partial charge in [-0.3, -0.25) is 9.59 Å². The summed E-state index contributed by atoms with van der Waals surface area (Å²) in [4.78, 5) is 36.3. The summed E-state index contributed by atoms with van der Waals surface area (Å²) in [6.07, 6.45) is 1.46. The van der Waals surface area contributed by atoms with E-state index in [2.05, 4.69) is 10.6 Å². The van der Waals surface area contributed by atoms with Crippen molar-refractivity contribution in [2.75, 3.05) is 20.8 Å². The van der Waals surface area contributed by atoms with Crippen LogP contribution in [0.4, 0.5) is 0 Å². The number of aryl methyl sites for hydroxylation is 2. The molecule has 1 amide bonds. The lowest BCUT2D eigenvalue weighted by Crippen LogP contribution is -2.51. The molecular weight excluding hydrogens is 440 g/mol. The van der Waals surface area contributed by atoms with E-state index in [1.807, 2.05) is 30.3 Å². The molecule has 9 nitrogen and oxygen atoms in total. The van der Waals surface area contributed by atoms with E-state index in [4.69, 9.17) is 9.47 Å². The smallest absolute Gasteiger partial charge is 0.328 e. The van der Waals surface area contributed by atoms with Gasteiger partial charge in [0.15, 0.2) is 11.5 Å². The molecule has 2 aromatic carbocycles. The molecule has 0 saturated carbocycles. The van der Waals surface area contributed by atoms with E-state index < -0.39 is 36.4 Å². The third-order valence-electron chi connectivity index (χ3n) is 5.38. The van der Waals surface area contributed by atoms with E-state index in [9.17, 15) is 24.6 Å². The van der Waals surface area contributed by atoms with Crippen LogP contribution in [-0.2, 0) is 32.0 Å². The third-order valence-corrected chi connectivity index (χ3v) is 5.38. The van der Waals surface area contributed by atoms with Gasteiger partial charge < -0.3 is 30.3 Å². The number of methoxy groups -OCH3 is 2. The van der Waals surface area contributed by atoms with Gasteiger partial charge in [-0.05, 0) is 49.4 Å². The number of phenolic OH excluding ortho intramolecular Hbond substituents is 1. The molecule has 2 aromatic rings. The van der Waals surface area contributed by atoms with Crippen molar-refractivity contribution in [2.45, 2.75) is 44.2 Å². The van der Waals surface area contributed by atoms with Crippen LogP contribution in [-0.4, -0.2) is 60.9 Å². The summed E-state index contributed by atoms with van der Waals surface area (Å²) in [7, 11) is 2.71. The van der Waals surface area contributed by atoms with Gasteiger partial charge in [-0.1, -0.05) is 42.5 Å². The highest BCUT2D eigenvalue weighted by molar-refractivity contribution is 5.90. The maximum absolute atomic E-state index is 12.8. The van der Waals surface area contributed by atoms with Gasteiger partial charge >= 0.3 is 11.9 Å². The highest BCUT2D eigenvalue weighted by atomic mass is 16.5. The summed E-state index contributed by atoms with van der Waals surface area (Å²) in [6, 6.07) is 12.8. The molecule has 0 radical (unpaired) electrons. The number of carbonyl (C=O) groups is 3. The quantitative estimate of drug-likeness (QED) is 0.242. The zero-order chi connectivity index (χ0) is 24.9. The van der Waals surface area contributed by atoms with Gasteiger partial charge in [-0.2, -0.15) is 0 Å². The predicted octanol–water partition coefficient (Wildman–Crippen LogP) is 2.06. The molecule has 2 unspecified atom stereocenters. The minimum absolute atomic E-state index is 0.0594. The number of aliphatic carboxylic acids is 1. The van der Waals surface area contributed by atoms with Crippen molar-refractivity contribution in [3.63, 3.8) is 0 Å². The molecule has 2 rings (SSSR count). The number of carboxylic acids is 1. The summed E-state index contributed by atoms with van der Waals surface area (Å²) < 4.78 is 9.91. The third kappa shape index (κ3) is 8.40. The largest absolute Gasteiger partial charge is 0.504 e. The minimum atomic E-state index is -1.14. The summed E-state index contributed by atoms with van der Waals surface area (Å²) >= 11 is 0. The predicted molar refractivity (Wildman–Crippen MR) is 126 cm³/mol. The number of aromatic hydroxyl groups is 1. The minimum Gasteiger partial charge on any atom is -0.504 e. The first-order valence-corrected chi connectivity index (χ1v) is 11.1. The van der Waals surface area contributed by atoms with Crippen molar-refractivity contribution >= 4 is 17.8 Å². The molecule has 9 heteroatoms. The number of phenols is 1. The van der Waals surface area contributed by atoms with E-state index in [1.54, 1.807) is 18.2 Å². The van der Waals surface area contributed by atoms with Crippen LogP contribution in [0.2, 0.25) is 0 Å². The lowest BCUT2D eigenvalue weighted by Gasteiger charge is -2.21. The highest BCUT2D eigenvalue weighted by Crippen LogP contribution is 2.29. The molecule has 0 aromatic heterocycles. The Morgan fingerprint density at radius 1 is 0.971 bits per heavy atom. The lowest BCUT2D eigenvalue weighted by atomic mass is 10.0. The van der Waals surface area contributed by atoms with Crippen LogP contribution >= 0.6 is 0 Å². The first kappa shape index (κ1) is 26.7. The lowest BCUT2D eigenvalue weighted by molar-refractivity contribution is -0.145. The van der Waals surface area contributed by atoms with Crippen LogP contribution in [0.1, 0.15) is 30.4 Å². The molecular formula is C25H32N2O7. The molecule has 0 fully saturated rings. The van der Waals surface area contributed by atoms with Gasteiger partial charge in [0.05, 0.1) is 26.7 Å². The normalized spacial score (nSPS) is 12.4. The maximum Gasteiger partial charge on any atom is 0.328 e. The Morgan fingerprint density at radius 2 is 1.71 bits per heavy atom. The number of hydrogen-bond donors (Lipinski definition) is 4. The van der Waals surface area contributed by atoms with Gasteiger partial charge in [0.1, 0.15) is 6.04 Å². The fraction of sp³-hybridized carbons (Fsp3) is 0.400. The number of nitrogens with one attached hydrogen (secondary N) is 2. The van der Waals surface area contributed by atoms with Crippen LogP contribution < -0.4 is 15.4 Å². The van der Waals surface area contributed by atoms with Gasteiger partial charge in [0.2, 0.25) is 5.91 Å². The number of hydrogen-bond acceptors (Lipinski definition) is 7. The van der Waals surface area contributed by atoms with E-state index in [-0.39, 0.29) is 5.75 Å². The summed E-state index contributed by atoms with van der Waals surface area (Å²) in [5.74, 6) is -1.89. The van der Waals surface area contributed by atoms with Gasteiger partial charge in [0, 0.05) is 0 Å². The number of carbonyl (C=O) groups excluding carboxylic acids is 2. The van der Waals surface area contributed by atoms with E-state index in [0.717, 1.165) is 5.56 Å². The topological polar surface area (TPSA) is 134 Å². The van der Waals surface area contributed by atoms with Gasteiger partial charge in [0.25, 0.3) is 0 Å². The standard InChI is InChI=1S/C25H32N2O7/c1-33-21-12-6-10-18(23(21)30)11-7-15-26-20(16-22(28)29)24(31)27-19(25(32)34-2)14-13-17-8-4-3-5-9-17/h3-6,8-10,12,19-20,26,30H,7,11,13-16H2,1-2H3,(H,27,31)(H,28,29). The van der Waals surface area contributed by atoms with Crippen molar-refractivity contribution in [1.82, 2.24) is 10.6 Å². The second kappa shape index (κ2) is 13.8. The van der Waals surface area contributed by atoms with Crippen molar-refractivity contribution in [3.8, 4) is 11.5 Å². The van der Waals surface area contributed by atoms with Crippen LogP contribution in [0.15, 0.2) is 48.5 Å². The first-order chi connectivity index (χ1) is 16.3.